The Labute approximate surface area is 206 Å². The number of benzene rings is 1. The van der Waals surface area contributed by atoms with E-state index in [0.717, 1.165) is 6.20 Å². The van der Waals surface area contributed by atoms with Gasteiger partial charge in [0.15, 0.2) is 5.78 Å². The Kier molecular flexibility index (Phi) is 5.85. The Morgan fingerprint density at radius 2 is 1.89 bits per heavy atom. The van der Waals surface area contributed by atoms with Crippen LogP contribution in [-0.2, 0) is 0 Å². The summed E-state index contributed by atoms with van der Waals surface area (Å²) in [5.74, 6) is -3.24. The smallest absolute Gasteiger partial charge is 0.363 e. The van der Waals surface area contributed by atoms with Gasteiger partial charge in [0.25, 0.3) is 0 Å². The minimum absolute atomic E-state index is 0.140. The van der Waals surface area contributed by atoms with Crippen molar-refractivity contribution in [2.24, 2.45) is 5.92 Å². The molecule has 3 N–H and O–H groups in total. The van der Waals surface area contributed by atoms with Crippen LogP contribution in [0.1, 0.15) is 22.0 Å². The van der Waals surface area contributed by atoms with Crippen LogP contribution in [0.25, 0.3) is 16.3 Å². The van der Waals surface area contributed by atoms with Crippen LogP contribution in [0.2, 0.25) is 0 Å². The van der Waals surface area contributed by atoms with Crippen LogP contribution < -0.4 is 10.6 Å². The summed E-state index contributed by atoms with van der Waals surface area (Å²) in [5, 5.41) is 21.2. The molecule has 36 heavy (non-hydrogen) atoms. The first-order valence-electron chi connectivity index (χ1n) is 10.7. The topological polar surface area (TPSA) is 109 Å². The van der Waals surface area contributed by atoms with E-state index in [2.05, 4.69) is 15.4 Å². The molecule has 184 valence electrons. The van der Waals surface area contributed by atoms with Crippen molar-refractivity contribution >= 4 is 23.2 Å². The highest BCUT2D eigenvalue weighted by Gasteiger charge is 2.66. The van der Waals surface area contributed by atoms with Gasteiger partial charge in [-0.25, -0.2) is 9.48 Å². The van der Waals surface area contributed by atoms with Gasteiger partial charge in [0, 0.05) is 29.7 Å². The number of ketones is 1. The van der Waals surface area contributed by atoms with Gasteiger partial charge >= 0.3 is 12.2 Å². The minimum atomic E-state index is -5.37. The maximum absolute atomic E-state index is 14.3. The molecule has 1 aliphatic heterocycles. The van der Waals surface area contributed by atoms with Crippen LogP contribution in [0.5, 0.6) is 0 Å². The van der Waals surface area contributed by atoms with Gasteiger partial charge < -0.3 is 15.7 Å². The molecule has 1 saturated heterocycles. The summed E-state index contributed by atoms with van der Waals surface area (Å²) < 4.78 is 44.3. The number of hydrogen-bond donors (Lipinski definition) is 3. The maximum atomic E-state index is 14.3. The van der Waals surface area contributed by atoms with Gasteiger partial charge in [0.2, 0.25) is 5.72 Å². The number of thiophene rings is 1. The van der Waals surface area contributed by atoms with Crippen LogP contribution in [0, 0.1) is 5.92 Å². The molecular weight excluding hydrogens is 495 g/mol. The summed E-state index contributed by atoms with van der Waals surface area (Å²) in [6, 6.07) is 12.1. The molecule has 4 heterocycles. The SMILES string of the molecule is O=C1N[C@H](c2cn(-c3ccccc3)nc2-c2cccs2)[C@H](C(=O)c2cccnc2)[C@@](O)(C(F)(F)F)N1. The van der Waals surface area contributed by atoms with Gasteiger partial charge in [-0.1, -0.05) is 24.3 Å². The molecule has 5 rings (SSSR count). The Balaban J connectivity index is 1.72. The van der Waals surface area contributed by atoms with Crippen LogP contribution in [0.3, 0.4) is 0 Å². The van der Waals surface area contributed by atoms with E-state index in [1.165, 1.54) is 40.5 Å². The molecule has 1 aliphatic rings. The lowest BCUT2D eigenvalue weighted by atomic mass is 9.77. The zero-order chi connectivity index (χ0) is 25.5. The third-order valence-corrected chi connectivity index (χ3v) is 6.76. The van der Waals surface area contributed by atoms with E-state index in [0.29, 0.717) is 10.6 Å². The van der Waals surface area contributed by atoms with Gasteiger partial charge in [-0.15, -0.1) is 11.3 Å². The zero-order valence-corrected chi connectivity index (χ0v) is 19.1. The highest BCUT2D eigenvalue weighted by molar-refractivity contribution is 7.13. The van der Waals surface area contributed by atoms with E-state index >= 15 is 0 Å². The fraction of sp³-hybridized carbons (Fsp3) is 0.167. The summed E-state index contributed by atoms with van der Waals surface area (Å²) in [6.45, 7) is 0. The molecule has 0 spiro atoms. The van der Waals surface area contributed by atoms with E-state index in [-0.39, 0.29) is 16.8 Å². The number of pyridine rings is 1. The zero-order valence-electron chi connectivity index (χ0n) is 18.3. The van der Waals surface area contributed by atoms with Crippen molar-refractivity contribution in [3.8, 4) is 16.3 Å². The largest absolute Gasteiger partial charge is 0.437 e. The first kappa shape index (κ1) is 23.7. The average molecular weight is 514 g/mol. The van der Waals surface area contributed by atoms with Crippen molar-refractivity contribution in [1.29, 1.82) is 0 Å². The molecule has 3 atom stereocenters. The molecule has 0 unspecified atom stereocenters. The van der Waals surface area contributed by atoms with Gasteiger partial charge in [0.05, 0.1) is 16.6 Å². The number of Topliss-reactive ketones (excluding diaryl/α,β-unsaturated/α-hetero) is 1. The Hall–Kier alpha value is -4.03. The number of amides is 2. The van der Waals surface area contributed by atoms with Crippen LogP contribution in [0.4, 0.5) is 18.0 Å². The molecule has 0 aliphatic carbocycles. The first-order chi connectivity index (χ1) is 17.2. The van der Waals surface area contributed by atoms with E-state index < -0.39 is 35.7 Å². The number of aliphatic hydroxyl groups is 1. The fourth-order valence-corrected chi connectivity index (χ4v) is 4.95. The molecule has 2 amide bonds. The number of halogens is 3. The normalized spacial score (nSPS) is 22.1. The highest BCUT2D eigenvalue weighted by Crippen LogP contribution is 2.46. The molecule has 4 aromatic rings. The monoisotopic (exact) mass is 513 g/mol. The summed E-state index contributed by atoms with van der Waals surface area (Å²) in [5.41, 5.74) is -2.98. The van der Waals surface area contributed by atoms with Crippen molar-refractivity contribution < 1.29 is 27.9 Å². The maximum Gasteiger partial charge on any atom is 0.437 e. The van der Waals surface area contributed by atoms with Crippen LogP contribution in [-0.4, -0.2) is 43.6 Å². The third kappa shape index (κ3) is 4.03. The van der Waals surface area contributed by atoms with Crippen molar-refractivity contribution in [2.75, 3.05) is 0 Å². The number of nitrogens with zero attached hydrogens (tertiary/aromatic N) is 3. The van der Waals surface area contributed by atoms with Gasteiger partial charge in [-0.05, 0) is 35.7 Å². The molecule has 0 radical (unpaired) electrons. The number of carbonyl (C=O) groups is 2. The van der Waals surface area contributed by atoms with E-state index in [9.17, 15) is 27.9 Å². The molecule has 1 aromatic carbocycles. The molecule has 0 saturated carbocycles. The summed E-state index contributed by atoms with van der Waals surface area (Å²) in [4.78, 5) is 30.4. The highest BCUT2D eigenvalue weighted by atomic mass is 32.1. The number of carbonyl (C=O) groups excluding carboxylic acids is 2. The second kappa shape index (κ2) is 8.88. The number of rotatable bonds is 5. The van der Waals surface area contributed by atoms with Crippen molar-refractivity contribution in [2.45, 2.75) is 17.9 Å². The number of alkyl halides is 3. The lowest BCUT2D eigenvalue weighted by Gasteiger charge is -2.44. The Morgan fingerprint density at radius 3 is 2.53 bits per heavy atom. The molecule has 12 heteroatoms. The predicted molar refractivity (Wildman–Crippen MR) is 124 cm³/mol. The number of urea groups is 1. The number of para-hydroxylation sites is 1. The summed E-state index contributed by atoms with van der Waals surface area (Å²) in [7, 11) is 0. The molecule has 8 nitrogen and oxygen atoms in total. The van der Waals surface area contributed by atoms with Gasteiger partial charge in [-0.3, -0.25) is 9.78 Å². The van der Waals surface area contributed by atoms with Gasteiger partial charge in [-0.2, -0.15) is 18.3 Å². The first-order valence-corrected chi connectivity index (χ1v) is 11.6. The molecule has 3 aromatic heterocycles. The molecular formula is C24H18F3N5O3S. The Bertz CT molecular complexity index is 1390. The van der Waals surface area contributed by atoms with Crippen LogP contribution in [0.15, 0.2) is 78.6 Å². The molecule has 1 fully saturated rings. The van der Waals surface area contributed by atoms with E-state index in [4.69, 9.17) is 0 Å². The average Bonchev–Trinajstić information content (AvgIpc) is 3.54. The lowest BCUT2D eigenvalue weighted by molar-refractivity contribution is -0.287. The summed E-state index contributed by atoms with van der Waals surface area (Å²) in [6.07, 6.45) is -1.44. The van der Waals surface area contributed by atoms with Crippen molar-refractivity contribution in [1.82, 2.24) is 25.4 Å². The Morgan fingerprint density at radius 1 is 1.11 bits per heavy atom. The number of aromatic nitrogens is 3. The predicted octanol–water partition coefficient (Wildman–Crippen LogP) is 4.10. The second-order valence-corrected chi connectivity index (χ2v) is 9.06. The van der Waals surface area contributed by atoms with E-state index in [1.54, 1.807) is 53.2 Å². The number of hydrogen-bond acceptors (Lipinski definition) is 6. The second-order valence-electron chi connectivity index (χ2n) is 8.11. The van der Waals surface area contributed by atoms with E-state index in [1.807, 2.05) is 0 Å². The fourth-order valence-electron chi connectivity index (χ4n) is 4.22. The van der Waals surface area contributed by atoms with Crippen molar-refractivity contribution in [3.05, 3.63) is 89.7 Å². The molecule has 0 bridgehead atoms. The van der Waals surface area contributed by atoms with Crippen molar-refractivity contribution in [3.63, 3.8) is 0 Å². The van der Waals surface area contributed by atoms with Crippen LogP contribution >= 0.6 is 11.3 Å². The standard InChI is InChI=1S/C24H18F3N5O3S/c25-24(26,27)23(35)18(21(33)14-6-4-10-28-12-14)20(29-22(34)30-23)16-13-32(15-7-2-1-3-8-15)31-19(16)17-9-5-11-36-17/h1-13,18,20,35H,(H2,29,30,34)/t18-,20-,23-/m1/s1. The van der Waals surface area contributed by atoms with Gasteiger partial charge in [0.1, 0.15) is 11.6 Å². The quantitative estimate of drug-likeness (QED) is 0.348. The minimum Gasteiger partial charge on any atom is -0.363 e. The summed E-state index contributed by atoms with van der Waals surface area (Å²) >= 11 is 1.29. The number of nitrogens with one attached hydrogen (secondary N) is 2. The lowest BCUT2D eigenvalue weighted by Crippen LogP contribution is -2.72. The third-order valence-electron chi connectivity index (χ3n) is 5.89.